The first-order valence-corrected chi connectivity index (χ1v) is 6.39. The summed E-state index contributed by atoms with van der Waals surface area (Å²) in [6.45, 7) is 2.82. The molecule has 1 aliphatic heterocycles. The predicted molar refractivity (Wildman–Crippen MR) is 54.0 cm³/mol. The molecule has 1 heterocycles. The number of hydrogen-bond donors (Lipinski definition) is 2. The second kappa shape index (κ2) is 5.06. The topological polar surface area (TPSA) is 69.6 Å². The summed E-state index contributed by atoms with van der Waals surface area (Å²) in [5.74, 6) is 0. The van der Waals surface area contributed by atoms with E-state index in [0.717, 1.165) is 19.3 Å². The van der Waals surface area contributed by atoms with Gasteiger partial charge in [0.15, 0.2) is 0 Å². The van der Waals surface area contributed by atoms with Crippen LogP contribution >= 0.6 is 0 Å². The van der Waals surface area contributed by atoms with Crippen LogP contribution in [0.4, 0.5) is 0 Å². The summed E-state index contributed by atoms with van der Waals surface area (Å²) < 4.78 is 27.0. The summed E-state index contributed by atoms with van der Waals surface area (Å²) >= 11 is 0. The Labute approximate surface area is 85.3 Å². The normalized spacial score (nSPS) is 22.1. The molecule has 0 saturated carbocycles. The Kier molecular flexibility index (Phi) is 4.31. The maximum absolute atomic E-state index is 11.6. The van der Waals surface area contributed by atoms with E-state index in [2.05, 4.69) is 4.72 Å². The van der Waals surface area contributed by atoms with Crippen molar-refractivity contribution >= 4 is 10.2 Å². The van der Waals surface area contributed by atoms with Crippen molar-refractivity contribution in [2.24, 2.45) is 0 Å². The molecule has 1 saturated heterocycles. The number of aliphatic hydroxyl groups excluding tert-OH is 1. The second-order valence-electron chi connectivity index (χ2n) is 3.66. The van der Waals surface area contributed by atoms with Crippen molar-refractivity contribution < 1.29 is 13.5 Å². The Morgan fingerprint density at radius 3 is 2.43 bits per heavy atom. The van der Waals surface area contributed by atoms with E-state index >= 15 is 0 Å². The van der Waals surface area contributed by atoms with Crippen LogP contribution in [0.2, 0.25) is 0 Å². The van der Waals surface area contributed by atoms with Crippen molar-refractivity contribution in [3.05, 3.63) is 0 Å². The van der Waals surface area contributed by atoms with Crippen molar-refractivity contribution in [3.63, 3.8) is 0 Å². The summed E-state index contributed by atoms with van der Waals surface area (Å²) in [5.41, 5.74) is 0. The highest BCUT2D eigenvalue weighted by atomic mass is 32.2. The van der Waals surface area contributed by atoms with Gasteiger partial charge < -0.3 is 5.11 Å². The number of hydrogen-bond acceptors (Lipinski definition) is 3. The van der Waals surface area contributed by atoms with Crippen molar-refractivity contribution in [1.82, 2.24) is 9.03 Å². The van der Waals surface area contributed by atoms with Crippen LogP contribution in [0.5, 0.6) is 0 Å². The van der Waals surface area contributed by atoms with Crippen molar-refractivity contribution in [2.45, 2.75) is 32.3 Å². The first-order valence-electron chi connectivity index (χ1n) is 4.95. The van der Waals surface area contributed by atoms with Gasteiger partial charge >= 0.3 is 0 Å². The Bertz CT molecular complexity index is 258. The molecule has 1 fully saturated rings. The lowest BCUT2D eigenvalue weighted by molar-refractivity contribution is 0.197. The van der Waals surface area contributed by atoms with E-state index < -0.39 is 16.3 Å². The van der Waals surface area contributed by atoms with Crippen molar-refractivity contribution in [1.29, 1.82) is 0 Å². The molecule has 0 aliphatic carbocycles. The second-order valence-corrected chi connectivity index (χ2v) is 5.42. The minimum absolute atomic E-state index is 0.0822. The first kappa shape index (κ1) is 11.9. The van der Waals surface area contributed by atoms with E-state index in [1.807, 2.05) is 0 Å². The lowest BCUT2D eigenvalue weighted by Crippen LogP contribution is -2.45. The fourth-order valence-electron chi connectivity index (χ4n) is 1.42. The van der Waals surface area contributed by atoms with Crippen LogP contribution in [0.25, 0.3) is 0 Å². The number of piperidine rings is 1. The molecule has 2 N–H and O–H groups in total. The molecule has 1 atom stereocenters. The SMILES string of the molecule is C[C@@H](O)CNS(=O)(=O)N1CCCCC1. The molecule has 5 nitrogen and oxygen atoms in total. The molecule has 0 unspecified atom stereocenters. The summed E-state index contributed by atoms with van der Waals surface area (Å²) in [7, 11) is -3.36. The monoisotopic (exact) mass is 222 g/mol. The Balaban J connectivity index is 2.46. The van der Waals surface area contributed by atoms with Gasteiger partial charge in [0.2, 0.25) is 0 Å². The predicted octanol–water partition coefficient (Wildman–Crippen LogP) is -0.312. The number of rotatable bonds is 4. The Hall–Kier alpha value is -0.170. The lowest BCUT2D eigenvalue weighted by atomic mass is 10.2. The highest BCUT2D eigenvalue weighted by Gasteiger charge is 2.23. The fraction of sp³-hybridized carbons (Fsp3) is 1.00. The average molecular weight is 222 g/mol. The minimum Gasteiger partial charge on any atom is -0.392 e. The molecule has 14 heavy (non-hydrogen) atoms. The van der Waals surface area contributed by atoms with Crippen LogP contribution in [0.1, 0.15) is 26.2 Å². The zero-order chi connectivity index (χ0) is 10.6. The van der Waals surface area contributed by atoms with Crippen LogP contribution in [-0.2, 0) is 10.2 Å². The van der Waals surface area contributed by atoms with Gasteiger partial charge in [-0.25, -0.2) is 0 Å². The zero-order valence-electron chi connectivity index (χ0n) is 8.44. The summed E-state index contributed by atoms with van der Waals surface area (Å²) in [6, 6.07) is 0. The molecule has 0 aromatic rings. The minimum atomic E-state index is -3.36. The van der Waals surface area contributed by atoms with Crippen LogP contribution < -0.4 is 4.72 Å². The van der Waals surface area contributed by atoms with E-state index in [4.69, 9.17) is 5.11 Å². The highest BCUT2D eigenvalue weighted by Crippen LogP contribution is 2.11. The van der Waals surface area contributed by atoms with Gasteiger partial charge in [0.1, 0.15) is 0 Å². The number of nitrogens with one attached hydrogen (secondary N) is 1. The molecular formula is C8H18N2O3S. The van der Waals surface area contributed by atoms with E-state index in [9.17, 15) is 8.42 Å². The van der Waals surface area contributed by atoms with E-state index in [0.29, 0.717) is 13.1 Å². The van der Waals surface area contributed by atoms with Gasteiger partial charge in [-0.15, -0.1) is 0 Å². The van der Waals surface area contributed by atoms with Gasteiger partial charge in [-0.2, -0.15) is 17.4 Å². The highest BCUT2D eigenvalue weighted by molar-refractivity contribution is 7.87. The molecule has 1 rings (SSSR count). The molecule has 0 radical (unpaired) electrons. The molecule has 0 aromatic carbocycles. The average Bonchev–Trinajstić information content (AvgIpc) is 2.16. The Morgan fingerprint density at radius 1 is 1.36 bits per heavy atom. The van der Waals surface area contributed by atoms with E-state index in [-0.39, 0.29) is 6.54 Å². The van der Waals surface area contributed by atoms with Crippen molar-refractivity contribution in [3.8, 4) is 0 Å². The quantitative estimate of drug-likeness (QED) is 0.685. The largest absolute Gasteiger partial charge is 0.392 e. The summed E-state index contributed by atoms with van der Waals surface area (Å²) in [5, 5.41) is 8.97. The van der Waals surface area contributed by atoms with Gasteiger partial charge in [-0.1, -0.05) is 6.42 Å². The van der Waals surface area contributed by atoms with Gasteiger partial charge in [0, 0.05) is 19.6 Å². The molecule has 0 bridgehead atoms. The summed E-state index contributed by atoms with van der Waals surface area (Å²) in [4.78, 5) is 0. The molecule has 84 valence electrons. The van der Waals surface area contributed by atoms with Gasteiger partial charge in [0.25, 0.3) is 10.2 Å². The first-order chi connectivity index (χ1) is 6.52. The van der Waals surface area contributed by atoms with Gasteiger partial charge in [-0.05, 0) is 19.8 Å². The fourth-order valence-corrected chi connectivity index (χ4v) is 2.80. The third kappa shape index (κ3) is 3.53. The van der Waals surface area contributed by atoms with Gasteiger partial charge in [0.05, 0.1) is 6.10 Å². The molecule has 0 aromatic heterocycles. The van der Waals surface area contributed by atoms with E-state index in [1.165, 1.54) is 4.31 Å². The molecule has 6 heteroatoms. The van der Waals surface area contributed by atoms with Crippen LogP contribution in [0, 0.1) is 0 Å². The number of nitrogens with zero attached hydrogens (tertiary/aromatic N) is 1. The molecule has 0 spiro atoms. The maximum atomic E-state index is 11.6. The standard InChI is InChI=1S/C8H18N2O3S/c1-8(11)7-9-14(12,13)10-5-3-2-4-6-10/h8-9,11H,2-7H2,1H3/t8-/m1/s1. The van der Waals surface area contributed by atoms with Crippen LogP contribution in [-0.4, -0.2) is 43.6 Å². The maximum Gasteiger partial charge on any atom is 0.279 e. The third-order valence-electron chi connectivity index (χ3n) is 2.22. The molecule has 0 amide bonds. The van der Waals surface area contributed by atoms with Crippen LogP contribution in [0.3, 0.4) is 0 Å². The van der Waals surface area contributed by atoms with E-state index in [1.54, 1.807) is 6.92 Å². The number of aliphatic hydroxyl groups is 1. The van der Waals surface area contributed by atoms with Gasteiger partial charge in [-0.3, -0.25) is 0 Å². The molecular weight excluding hydrogens is 204 g/mol. The smallest absolute Gasteiger partial charge is 0.279 e. The van der Waals surface area contributed by atoms with Crippen LogP contribution in [0.15, 0.2) is 0 Å². The van der Waals surface area contributed by atoms with Crippen molar-refractivity contribution in [2.75, 3.05) is 19.6 Å². The lowest BCUT2D eigenvalue weighted by Gasteiger charge is -2.26. The third-order valence-corrected chi connectivity index (χ3v) is 3.79. The molecule has 1 aliphatic rings. The Morgan fingerprint density at radius 2 is 1.93 bits per heavy atom. The zero-order valence-corrected chi connectivity index (χ0v) is 9.26. The summed E-state index contributed by atoms with van der Waals surface area (Å²) in [6.07, 6.45) is 2.31.